The van der Waals surface area contributed by atoms with Crippen LogP contribution < -0.4 is 5.32 Å². The van der Waals surface area contributed by atoms with Gasteiger partial charge in [-0.3, -0.25) is 4.79 Å². The largest absolute Gasteiger partial charge is 0.465 e. The number of ether oxygens (including phenoxy) is 2. The minimum absolute atomic E-state index is 0.0266. The molecule has 0 heterocycles. The molecule has 2 N–H and O–H groups in total. The second kappa shape index (κ2) is 47.4. The van der Waals surface area contributed by atoms with Crippen molar-refractivity contribution in [1.29, 1.82) is 0 Å². The Hall–Kier alpha value is -0.650. The third-order valence-electron chi connectivity index (χ3n) is 12.8. The summed E-state index contributed by atoms with van der Waals surface area (Å²) in [6.07, 6.45) is 49.6. The number of carbonyl (C=O) groups excluding carboxylic acids is 1. The van der Waals surface area contributed by atoms with Gasteiger partial charge >= 0.3 is 5.97 Å². The average molecular weight is 822 g/mol. The number of nitrogens with one attached hydrogen (secondary N) is 1. The maximum atomic E-state index is 12.5. The van der Waals surface area contributed by atoms with Crippen LogP contribution in [0, 0.1) is 11.8 Å². The van der Waals surface area contributed by atoms with Crippen LogP contribution >= 0.6 is 0 Å². The number of aliphatic hydroxyl groups is 1. The second-order valence-electron chi connectivity index (χ2n) is 18.7. The molecule has 0 aliphatic rings. The number of unbranched alkanes of at least 4 members (excludes halogenated alkanes) is 25. The molecule has 0 rings (SSSR count). The number of hydrogen-bond donors (Lipinski definition) is 2. The molecular formula is C53H107NO4. The Bertz CT molecular complexity index is 792. The highest BCUT2D eigenvalue weighted by Gasteiger charge is 2.14. The van der Waals surface area contributed by atoms with Crippen molar-refractivity contribution >= 4 is 5.97 Å². The lowest BCUT2D eigenvalue weighted by atomic mass is 9.96. The van der Waals surface area contributed by atoms with Crippen LogP contribution in [-0.2, 0) is 14.3 Å². The average Bonchev–Trinajstić information content (AvgIpc) is 3.23. The molecule has 0 aromatic carbocycles. The number of rotatable bonds is 49. The van der Waals surface area contributed by atoms with E-state index in [1.165, 1.54) is 231 Å². The molecule has 0 bridgehead atoms. The Labute approximate surface area is 364 Å². The van der Waals surface area contributed by atoms with Gasteiger partial charge in [-0.1, -0.05) is 221 Å². The highest BCUT2D eigenvalue weighted by atomic mass is 16.6. The molecule has 5 nitrogen and oxygen atoms in total. The van der Waals surface area contributed by atoms with Crippen LogP contribution in [-0.4, -0.2) is 43.2 Å². The Morgan fingerprint density at radius 1 is 0.414 bits per heavy atom. The van der Waals surface area contributed by atoms with Crippen molar-refractivity contribution < 1.29 is 19.4 Å². The molecule has 4 unspecified atom stereocenters. The molecule has 0 radical (unpaired) electrons. The van der Waals surface area contributed by atoms with Gasteiger partial charge in [0.15, 0.2) is 6.29 Å². The minimum Gasteiger partial charge on any atom is -0.465 e. The molecule has 0 aromatic heterocycles. The predicted molar refractivity (Wildman–Crippen MR) is 255 cm³/mol. The van der Waals surface area contributed by atoms with Gasteiger partial charge in [0.2, 0.25) is 0 Å². The van der Waals surface area contributed by atoms with Crippen molar-refractivity contribution in [2.45, 2.75) is 304 Å². The van der Waals surface area contributed by atoms with E-state index in [2.05, 4.69) is 39.9 Å². The molecule has 0 aromatic rings. The van der Waals surface area contributed by atoms with E-state index in [0.717, 1.165) is 32.3 Å². The molecule has 5 heteroatoms. The van der Waals surface area contributed by atoms with Crippen molar-refractivity contribution in [3.8, 4) is 0 Å². The molecular weight excluding hydrogens is 715 g/mol. The molecule has 0 amide bonds. The number of hydrogen-bond acceptors (Lipinski definition) is 5. The van der Waals surface area contributed by atoms with Gasteiger partial charge in [-0.25, -0.2) is 0 Å². The quantitative estimate of drug-likeness (QED) is 0.0363. The van der Waals surface area contributed by atoms with E-state index in [4.69, 9.17) is 9.47 Å². The first-order valence-electron chi connectivity index (χ1n) is 26.7. The van der Waals surface area contributed by atoms with Crippen LogP contribution in [0.25, 0.3) is 0 Å². The standard InChI is InChI=1S/C53H107NO4/c1-6-11-16-19-20-25-30-37-46-54-51(42-33-26-21-23-28-35-44-52(55)57-47-49(38-14-9-4)40-31-17-12-7-2)43-34-27-22-24-29-36-45-53(56)58-48-50(39-15-10-5)41-32-18-13-8-3/h49-52,54-55H,6-48H2,1-5H3. The van der Waals surface area contributed by atoms with Gasteiger partial charge in [0.25, 0.3) is 0 Å². The van der Waals surface area contributed by atoms with Gasteiger partial charge in [0.05, 0.1) is 13.2 Å². The summed E-state index contributed by atoms with van der Waals surface area (Å²) in [5.41, 5.74) is 0. The first kappa shape index (κ1) is 57.3. The normalized spacial score (nSPS) is 13.8. The third kappa shape index (κ3) is 42.1. The number of carbonyl (C=O) groups is 1. The van der Waals surface area contributed by atoms with E-state index in [0.29, 0.717) is 30.9 Å². The van der Waals surface area contributed by atoms with Crippen LogP contribution in [0.15, 0.2) is 0 Å². The summed E-state index contributed by atoms with van der Waals surface area (Å²) in [7, 11) is 0. The summed E-state index contributed by atoms with van der Waals surface area (Å²) in [6, 6.07) is 0.659. The van der Waals surface area contributed by atoms with E-state index in [9.17, 15) is 9.90 Å². The van der Waals surface area contributed by atoms with E-state index < -0.39 is 6.29 Å². The zero-order valence-corrected chi connectivity index (χ0v) is 40.4. The molecule has 4 atom stereocenters. The van der Waals surface area contributed by atoms with E-state index >= 15 is 0 Å². The van der Waals surface area contributed by atoms with E-state index in [1.807, 2.05) is 0 Å². The van der Waals surface area contributed by atoms with E-state index in [1.54, 1.807) is 0 Å². The molecule has 0 saturated carbocycles. The molecule has 0 saturated heterocycles. The van der Waals surface area contributed by atoms with Crippen LogP contribution in [0.3, 0.4) is 0 Å². The molecule has 0 spiro atoms. The number of esters is 1. The van der Waals surface area contributed by atoms with Gasteiger partial charge in [-0.05, 0) is 82.6 Å². The summed E-state index contributed by atoms with van der Waals surface area (Å²) in [4.78, 5) is 12.5. The Morgan fingerprint density at radius 3 is 1.28 bits per heavy atom. The fraction of sp³-hybridized carbons (Fsp3) is 0.981. The lowest BCUT2D eigenvalue weighted by Crippen LogP contribution is -2.30. The highest BCUT2D eigenvalue weighted by molar-refractivity contribution is 5.69. The summed E-state index contributed by atoms with van der Waals surface area (Å²) in [5.74, 6) is 1.19. The fourth-order valence-corrected chi connectivity index (χ4v) is 8.64. The third-order valence-corrected chi connectivity index (χ3v) is 12.8. The van der Waals surface area contributed by atoms with Gasteiger partial charge in [0.1, 0.15) is 0 Å². The minimum atomic E-state index is -0.584. The van der Waals surface area contributed by atoms with Crippen LogP contribution in [0.5, 0.6) is 0 Å². The maximum absolute atomic E-state index is 12.5. The van der Waals surface area contributed by atoms with Crippen molar-refractivity contribution in [3.63, 3.8) is 0 Å². The Morgan fingerprint density at radius 2 is 0.776 bits per heavy atom. The van der Waals surface area contributed by atoms with Crippen LogP contribution in [0.2, 0.25) is 0 Å². The summed E-state index contributed by atoms with van der Waals surface area (Å²) >= 11 is 0. The summed E-state index contributed by atoms with van der Waals surface area (Å²) in [5, 5.41) is 14.5. The highest BCUT2D eigenvalue weighted by Crippen LogP contribution is 2.21. The van der Waals surface area contributed by atoms with E-state index in [-0.39, 0.29) is 5.97 Å². The van der Waals surface area contributed by atoms with Gasteiger partial charge < -0.3 is 19.9 Å². The smallest absolute Gasteiger partial charge is 0.305 e. The molecule has 58 heavy (non-hydrogen) atoms. The Kier molecular flexibility index (Phi) is 46.9. The van der Waals surface area contributed by atoms with Crippen molar-refractivity contribution in [2.75, 3.05) is 19.8 Å². The molecule has 0 aliphatic heterocycles. The van der Waals surface area contributed by atoms with Crippen molar-refractivity contribution in [3.05, 3.63) is 0 Å². The molecule has 0 fully saturated rings. The van der Waals surface area contributed by atoms with Crippen LogP contribution in [0.1, 0.15) is 291 Å². The van der Waals surface area contributed by atoms with Crippen LogP contribution in [0.4, 0.5) is 0 Å². The SMILES string of the molecule is CCCCCCCCCCNC(CCCCCCCCC(=O)OCC(CCCC)CCCCCC)CCCCCCCCC(O)OCC(CCCC)CCCCCC. The predicted octanol–water partition coefficient (Wildman–Crippen LogP) is 16.8. The second-order valence-corrected chi connectivity index (χ2v) is 18.7. The maximum Gasteiger partial charge on any atom is 0.305 e. The lowest BCUT2D eigenvalue weighted by Gasteiger charge is -2.20. The lowest BCUT2D eigenvalue weighted by molar-refractivity contribution is -0.145. The first-order chi connectivity index (χ1) is 28.5. The zero-order valence-electron chi connectivity index (χ0n) is 40.4. The topological polar surface area (TPSA) is 67.8 Å². The monoisotopic (exact) mass is 822 g/mol. The van der Waals surface area contributed by atoms with Crippen molar-refractivity contribution in [1.82, 2.24) is 5.32 Å². The number of aliphatic hydroxyl groups excluding tert-OH is 1. The Balaban J connectivity index is 4.30. The fourth-order valence-electron chi connectivity index (χ4n) is 8.64. The molecule has 0 aliphatic carbocycles. The van der Waals surface area contributed by atoms with Gasteiger partial charge in [0, 0.05) is 12.5 Å². The van der Waals surface area contributed by atoms with Gasteiger partial charge in [-0.15, -0.1) is 0 Å². The molecule has 348 valence electrons. The zero-order chi connectivity index (χ0) is 42.4. The van der Waals surface area contributed by atoms with Crippen molar-refractivity contribution in [2.24, 2.45) is 11.8 Å². The summed E-state index contributed by atoms with van der Waals surface area (Å²) in [6.45, 7) is 13.9. The summed E-state index contributed by atoms with van der Waals surface area (Å²) < 4.78 is 11.7. The van der Waals surface area contributed by atoms with Gasteiger partial charge in [-0.2, -0.15) is 0 Å². The first-order valence-corrected chi connectivity index (χ1v) is 26.7.